The zero-order valence-electron chi connectivity index (χ0n) is 15.6. The van der Waals surface area contributed by atoms with Gasteiger partial charge in [0, 0.05) is 0 Å². The van der Waals surface area contributed by atoms with E-state index in [1.54, 1.807) is 0 Å². The molecule has 0 radical (unpaired) electrons. The second-order valence-electron chi connectivity index (χ2n) is 6.62. The third-order valence-corrected chi connectivity index (χ3v) is 7.82. The smallest absolute Gasteiger partial charge is 0.176 e. The Balaban J connectivity index is 2.22. The van der Waals surface area contributed by atoms with E-state index in [2.05, 4.69) is 0 Å². The summed E-state index contributed by atoms with van der Waals surface area (Å²) in [6.45, 7) is 0. The number of hydrogen-bond acceptors (Lipinski definition) is 1. The first-order valence-corrected chi connectivity index (χ1v) is 11.6. The van der Waals surface area contributed by atoms with Crippen molar-refractivity contribution < 1.29 is 4.74 Å². The van der Waals surface area contributed by atoms with E-state index in [4.69, 9.17) is 74.3 Å². The van der Waals surface area contributed by atoms with Gasteiger partial charge in [-0.1, -0.05) is 126 Å². The number of hydrogen-bond donors (Lipinski definition) is 0. The summed E-state index contributed by atoms with van der Waals surface area (Å²) in [5, 5.41) is -1.08. The quantitative estimate of drug-likeness (QED) is 0.214. The summed E-state index contributed by atoms with van der Waals surface area (Å²) in [6.07, 6.45) is 0. The molecule has 0 aliphatic heterocycles. The van der Waals surface area contributed by atoms with Crippen molar-refractivity contribution in [3.8, 4) is 0 Å². The summed E-state index contributed by atoms with van der Waals surface area (Å²) in [5.74, 6) is 0. The Hall–Kier alpha value is -0.640. The molecule has 2 unspecified atom stereocenters. The zero-order chi connectivity index (χ0) is 21.8. The first-order chi connectivity index (χ1) is 14.3. The maximum absolute atomic E-state index is 6.66. The molecule has 0 saturated carbocycles. The van der Waals surface area contributed by atoms with Crippen molar-refractivity contribution in [2.75, 3.05) is 0 Å². The van der Waals surface area contributed by atoms with Gasteiger partial charge >= 0.3 is 0 Å². The number of halogens is 6. The van der Waals surface area contributed by atoms with Crippen LogP contribution in [0.15, 0.2) is 91.0 Å². The molecule has 7 heteroatoms. The van der Waals surface area contributed by atoms with Gasteiger partial charge in [-0.05, 0) is 16.7 Å². The van der Waals surface area contributed by atoms with Gasteiger partial charge in [0.15, 0.2) is 9.90 Å². The molecule has 2 atom stereocenters. The molecule has 0 aliphatic rings. The molecule has 3 aromatic rings. The number of alkyl halides is 6. The van der Waals surface area contributed by atoms with Crippen LogP contribution in [0, 0.1) is 0 Å². The molecule has 0 saturated heterocycles. The highest BCUT2D eigenvalue weighted by molar-refractivity contribution is 6.58. The van der Waals surface area contributed by atoms with E-state index in [1.165, 1.54) is 0 Å². The third kappa shape index (κ3) is 4.89. The van der Waals surface area contributed by atoms with Crippen molar-refractivity contribution in [3.63, 3.8) is 0 Å². The van der Waals surface area contributed by atoms with Gasteiger partial charge in [-0.25, -0.2) is 0 Å². The van der Waals surface area contributed by atoms with Gasteiger partial charge in [-0.2, -0.15) is 0 Å². The predicted octanol–water partition coefficient (Wildman–Crippen LogP) is 8.15. The first kappa shape index (κ1) is 24.0. The van der Waals surface area contributed by atoms with E-state index in [0.29, 0.717) is 0 Å². The molecule has 3 rings (SSSR count). The average molecular weight is 523 g/mol. The maximum Gasteiger partial charge on any atom is 0.176 e. The normalized spacial score (nSPS) is 14.5. The van der Waals surface area contributed by atoms with Crippen molar-refractivity contribution in [2.24, 2.45) is 0 Å². The highest BCUT2D eigenvalue weighted by Crippen LogP contribution is 2.47. The van der Waals surface area contributed by atoms with Crippen molar-refractivity contribution in [3.05, 3.63) is 108 Å². The highest BCUT2D eigenvalue weighted by atomic mass is 35.5. The second kappa shape index (κ2) is 10.3. The fourth-order valence-corrected chi connectivity index (χ4v) is 4.69. The van der Waals surface area contributed by atoms with E-state index in [0.717, 1.165) is 16.7 Å². The summed E-state index contributed by atoms with van der Waals surface area (Å²) in [6, 6.07) is 29.1. The molecular weight excluding hydrogens is 505 g/mol. The maximum atomic E-state index is 6.66. The minimum atomic E-state index is -1.78. The van der Waals surface area contributed by atoms with Gasteiger partial charge in [0.25, 0.3) is 0 Å². The van der Waals surface area contributed by atoms with Crippen molar-refractivity contribution >= 4 is 69.6 Å². The Bertz CT molecular complexity index is 822. The zero-order valence-corrected chi connectivity index (χ0v) is 20.1. The van der Waals surface area contributed by atoms with Crippen LogP contribution in [-0.4, -0.2) is 20.1 Å². The van der Waals surface area contributed by atoms with Crippen molar-refractivity contribution in [1.29, 1.82) is 0 Å². The van der Waals surface area contributed by atoms with Gasteiger partial charge in [-0.15, -0.1) is 34.8 Å². The van der Waals surface area contributed by atoms with E-state index >= 15 is 0 Å². The lowest BCUT2D eigenvalue weighted by Crippen LogP contribution is -2.46. The Kier molecular flexibility index (Phi) is 8.26. The largest absolute Gasteiger partial charge is 0.339 e. The fraction of sp³-hybridized carbons (Fsp3) is 0.217. The van der Waals surface area contributed by atoms with Crippen LogP contribution in [0.25, 0.3) is 0 Å². The minimum absolute atomic E-state index is 0.844. The van der Waals surface area contributed by atoms with Crippen LogP contribution in [0.4, 0.5) is 0 Å². The van der Waals surface area contributed by atoms with Crippen molar-refractivity contribution in [2.45, 2.75) is 25.7 Å². The Morgan fingerprint density at radius 2 is 0.900 bits per heavy atom. The van der Waals surface area contributed by atoms with E-state index in [9.17, 15) is 0 Å². The molecule has 1 nitrogen and oxygen atoms in total. The van der Waals surface area contributed by atoms with Gasteiger partial charge in [0.05, 0.1) is 0 Å². The minimum Gasteiger partial charge on any atom is -0.339 e. The van der Waals surface area contributed by atoms with Crippen LogP contribution in [0.2, 0.25) is 0 Å². The summed E-state index contributed by atoms with van der Waals surface area (Å²) in [5.41, 5.74) is 0.157. The molecule has 0 heterocycles. The second-order valence-corrected chi connectivity index (χ2v) is 10.1. The van der Waals surface area contributed by atoms with E-state index < -0.39 is 25.7 Å². The average Bonchev–Trinajstić information content (AvgIpc) is 2.78. The Labute approximate surface area is 206 Å². The SMILES string of the molecule is ClC(Cl)C(Cl)C(Cl)(Cl)C(Cl)OC(c1ccccc1)(c1ccccc1)c1ccccc1. The number of benzene rings is 3. The van der Waals surface area contributed by atoms with Gasteiger partial charge in [-0.3, -0.25) is 0 Å². The lowest BCUT2D eigenvalue weighted by Gasteiger charge is -2.41. The molecule has 158 valence electrons. The third-order valence-electron chi connectivity index (χ3n) is 4.71. The monoisotopic (exact) mass is 520 g/mol. The topological polar surface area (TPSA) is 9.23 Å². The summed E-state index contributed by atoms with van der Waals surface area (Å²) < 4.78 is 4.76. The lowest BCUT2D eigenvalue weighted by molar-refractivity contribution is -0.0147. The van der Waals surface area contributed by atoms with Crippen LogP contribution in [-0.2, 0) is 10.3 Å². The fourth-order valence-electron chi connectivity index (χ4n) is 3.25. The molecule has 0 fully saturated rings. The highest BCUT2D eigenvalue weighted by Gasteiger charge is 2.50. The summed E-state index contributed by atoms with van der Waals surface area (Å²) in [7, 11) is 0. The summed E-state index contributed by atoms with van der Waals surface area (Å²) in [4.78, 5) is -1.05. The van der Waals surface area contributed by atoms with Crippen LogP contribution < -0.4 is 0 Å². The molecule has 0 aromatic heterocycles. The standard InChI is InChI=1S/C23H18Cl6O/c24-19(20(25)26)23(28,29)21(27)30-22(16-10-4-1-5-11-16,17-12-6-2-7-13-17)18-14-8-3-9-15-18/h1-15,19-21H. The van der Waals surface area contributed by atoms with Gasteiger partial charge < -0.3 is 4.74 Å². The molecular formula is C23H18Cl6O. The molecule has 0 aliphatic carbocycles. The van der Waals surface area contributed by atoms with Crippen LogP contribution in [0.5, 0.6) is 0 Å². The molecule has 3 aromatic carbocycles. The van der Waals surface area contributed by atoms with Crippen LogP contribution in [0.1, 0.15) is 16.7 Å². The van der Waals surface area contributed by atoms with Crippen LogP contribution >= 0.6 is 69.6 Å². The molecule has 30 heavy (non-hydrogen) atoms. The Morgan fingerprint density at radius 1 is 0.567 bits per heavy atom. The van der Waals surface area contributed by atoms with Gasteiger partial charge in [0.1, 0.15) is 15.8 Å². The molecule has 0 spiro atoms. The molecule has 0 bridgehead atoms. The number of rotatable bonds is 8. The van der Waals surface area contributed by atoms with E-state index in [-0.39, 0.29) is 0 Å². The number of ether oxygens (including phenoxy) is 1. The van der Waals surface area contributed by atoms with Crippen LogP contribution in [0.3, 0.4) is 0 Å². The molecule has 0 amide bonds. The van der Waals surface area contributed by atoms with E-state index in [1.807, 2.05) is 91.0 Å². The van der Waals surface area contributed by atoms with Gasteiger partial charge in [0.2, 0.25) is 0 Å². The summed E-state index contributed by atoms with van der Waals surface area (Å²) >= 11 is 37.8. The Morgan fingerprint density at radius 3 is 1.20 bits per heavy atom. The molecule has 0 N–H and O–H groups in total. The lowest BCUT2D eigenvalue weighted by atomic mass is 9.80. The van der Waals surface area contributed by atoms with Crippen molar-refractivity contribution in [1.82, 2.24) is 0 Å². The first-order valence-electron chi connectivity index (χ1n) is 9.08. The predicted molar refractivity (Wildman–Crippen MR) is 130 cm³/mol.